The Labute approximate surface area is 131 Å². The lowest BCUT2D eigenvalue weighted by Crippen LogP contribution is -2.62. The SMILES string of the molecule is CN(C)C1(C(Cc2ccc(Br)cc2)NN)CCCCC1. The number of benzene rings is 1. The molecule has 0 radical (unpaired) electrons. The smallest absolute Gasteiger partial charge is 0.0434 e. The van der Waals surface area contributed by atoms with Crippen molar-refractivity contribution in [3.05, 3.63) is 34.3 Å². The monoisotopic (exact) mass is 339 g/mol. The lowest BCUT2D eigenvalue weighted by atomic mass is 9.73. The van der Waals surface area contributed by atoms with Crippen molar-refractivity contribution in [2.24, 2.45) is 5.84 Å². The van der Waals surface area contributed by atoms with Gasteiger partial charge < -0.3 is 4.90 Å². The number of nitrogens with zero attached hydrogens (tertiary/aromatic N) is 1. The Balaban J connectivity index is 2.18. The van der Waals surface area contributed by atoms with E-state index in [1.807, 2.05) is 0 Å². The van der Waals surface area contributed by atoms with E-state index in [9.17, 15) is 0 Å². The van der Waals surface area contributed by atoms with Crippen LogP contribution in [0.1, 0.15) is 37.7 Å². The van der Waals surface area contributed by atoms with Crippen molar-refractivity contribution < 1.29 is 0 Å². The molecule has 1 unspecified atom stereocenters. The summed E-state index contributed by atoms with van der Waals surface area (Å²) in [4.78, 5) is 2.38. The van der Waals surface area contributed by atoms with Crippen LogP contribution in [0.15, 0.2) is 28.7 Å². The first-order chi connectivity index (χ1) is 9.58. The molecule has 1 fully saturated rings. The average molecular weight is 340 g/mol. The molecule has 0 aromatic heterocycles. The molecule has 1 aliphatic rings. The predicted molar refractivity (Wildman–Crippen MR) is 88.5 cm³/mol. The Morgan fingerprint density at radius 1 is 1.20 bits per heavy atom. The van der Waals surface area contributed by atoms with Crippen LogP contribution in [-0.2, 0) is 6.42 Å². The molecule has 1 atom stereocenters. The highest BCUT2D eigenvalue weighted by molar-refractivity contribution is 9.10. The van der Waals surface area contributed by atoms with Crippen molar-refractivity contribution in [2.45, 2.75) is 50.1 Å². The topological polar surface area (TPSA) is 41.3 Å². The van der Waals surface area contributed by atoms with Gasteiger partial charge in [0.2, 0.25) is 0 Å². The summed E-state index contributed by atoms with van der Waals surface area (Å²) in [6.45, 7) is 0. The quantitative estimate of drug-likeness (QED) is 0.639. The number of hydrogen-bond acceptors (Lipinski definition) is 3. The van der Waals surface area contributed by atoms with Gasteiger partial charge >= 0.3 is 0 Å². The van der Waals surface area contributed by atoms with Crippen LogP contribution in [-0.4, -0.2) is 30.6 Å². The molecular weight excluding hydrogens is 314 g/mol. The van der Waals surface area contributed by atoms with Crippen LogP contribution in [0.3, 0.4) is 0 Å². The minimum absolute atomic E-state index is 0.181. The second-order valence-electron chi connectivity index (χ2n) is 6.11. The first kappa shape index (κ1) is 16.0. The maximum absolute atomic E-state index is 5.92. The number of nitrogens with one attached hydrogen (secondary N) is 1. The summed E-state index contributed by atoms with van der Waals surface area (Å²) in [6, 6.07) is 8.86. The molecular formula is C16H26BrN3. The fourth-order valence-corrected chi connectivity index (χ4v) is 3.80. The summed E-state index contributed by atoms with van der Waals surface area (Å²) in [7, 11) is 4.38. The second kappa shape index (κ2) is 7.03. The van der Waals surface area contributed by atoms with E-state index in [1.165, 1.54) is 37.7 Å². The molecule has 4 heteroatoms. The van der Waals surface area contributed by atoms with Crippen LogP contribution in [0.2, 0.25) is 0 Å². The van der Waals surface area contributed by atoms with Gasteiger partial charge in [0.15, 0.2) is 0 Å². The number of rotatable bonds is 5. The fraction of sp³-hybridized carbons (Fsp3) is 0.625. The van der Waals surface area contributed by atoms with Gasteiger partial charge in [0.1, 0.15) is 0 Å². The summed E-state index contributed by atoms with van der Waals surface area (Å²) >= 11 is 3.49. The standard InChI is InChI=1S/C16H26BrN3/c1-20(2)16(10-4-3-5-11-16)15(19-18)12-13-6-8-14(17)9-7-13/h6-9,15,19H,3-5,10-12,18H2,1-2H3. The van der Waals surface area contributed by atoms with Crippen molar-refractivity contribution in [1.82, 2.24) is 10.3 Å². The van der Waals surface area contributed by atoms with Gasteiger partial charge in [0.25, 0.3) is 0 Å². The molecule has 0 spiro atoms. The largest absolute Gasteiger partial charge is 0.302 e. The third-order valence-corrected chi connectivity index (χ3v) is 5.34. The Bertz CT molecular complexity index is 410. The summed E-state index contributed by atoms with van der Waals surface area (Å²) in [5.74, 6) is 5.92. The summed E-state index contributed by atoms with van der Waals surface area (Å²) < 4.78 is 1.12. The van der Waals surface area contributed by atoms with Gasteiger partial charge in [-0.25, -0.2) is 0 Å². The Kier molecular flexibility index (Phi) is 5.61. The van der Waals surface area contributed by atoms with E-state index in [4.69, 9.17) is 5.84 Å². The highest BCUT2D eigenvalue weighted by atomic mass is 79.9. The minimum Gasteiger partial charge on any atom is -0.302 e. The Hall–Kier alpha value is -0.420. The highest BCUT2D eigenvalue weighted by Gasteiger charge is 2.41. The van der Waals surface area contributed by atoms with E-state index in [-0.39, 0.29) is 5.54 Å². The van der Waals surface area contributed by atoms with Crippen LogP contribution in [0.4, 0.5) is 0 Å². The first-order valence-corrected chi connectivity index (χ1v) is 8.26. The van der Waals surface area contributed by atoms with E-state index < -0.39 is 0 Å². The molecule has 1 aliphatic carbocycles. The lowest BCUT2D eigenvalue weighted by Gasteiger charge is -2.48. The predicted octanol–water partition coefficient (Wildman–Crippen LogP) is 3.09. The van der Waals surface area contributed by atoms with Crippen LogP contribution < -0.4 is 11.3 Å². The number of likely N-dealkylation sites (N-methyl/N-ethyl adjacent to an activating group) is 1. The summed E-state index contributed by atoms with van der Waals surface area (Å²) in [6.07, 6.45) is 7.39. The maximum Gasteiger partial charge on any atom is 0.0434 e. The molecule has 20 heavy (non-hydrogen) atoms. The fourth-order valence-electron chi connectivity index (χ4n) is 3.53. The van der Waals surface area contributed by atoms with E-state index in [1.54, 1.807) is 0 Å². The van der Waals surface area contributed by atoms with Crippen LogP contribution in [0.25, 0.3) is 0 Å². The molecule has 0 saturated heterocycles. The third-order valence-electron chi connectivity index (χ3n) is 4.81. The van der Waals surface area contributed by atoms with E-state index >= 15 is 0 Å². The molecule has 0 amide bonds. The van der Waals surface area contributed by atoms with Gasteiger partial charge in [-0.2, -0.15) is 0 Å². The number of hydrogen-bond donors (Lipinski definition) is 2. The van der Waals surface area contributed by atoms with E-state index in [2.05, 4.69) is 64.6 Å². The zero-order valence-electron chi connectivity index (χ0n) is 12.5. The molecule has 1 aromatic carbocycles. The van der Waals surface area contributed by atoms with Crippen LogP contribution in [0, 0.1) is 0 Å². The minimum atomic E-state index is 0.181. The third kappa shape index (κ3) is 3.42. The van der Waals surface area contributed by atoms with Gasteiger partial charge in [-0.05, 0) is 51.1 Å². The zero-order chi connectivity index (χ0) is 14.6. The zero-order valence-corrected chi connectivity index (χ0v) is 14.1. The number of hydrazine groups is 1. The molecule has 0 heterocycles. The van der Waals surface area contributed by atoms with Crippen molar-refractivity contribution >= 4 is 15.9 Å². The van der Waals surface area contributed by atoms with Gasteiger partial charge in [-0.3, -0.25) is 11.3 Å². The molecule has 3 N–H and O–H groups in total. The van der Waals surface area contributed by atoms with Crippen LogP contribution >= 0.6 is 15.9 Å². The van der Waals surface area contributed by atoms with E-state index in [0.29, 0.717) is 6.04 Å². The Morgan fingerprint density at radius 3 is 2.30 bits per heavy atom. The molecule has 0 aliphatic heterocycles. The maximum atomic E-state index is 5.92. The van der Waals surface area contributed by atoms with Crippen LogP contribution in [0.5, 0.6) is 0 Å². The molecule has 2 rings (SSSR count). The van der Waals surface area contributed by atoms with Gasteiger partial charge in [-0.15, -0.1) is 0 Å². The van der Waals surface area contributed by atoms with Crippen molar-refractivity contribution in [2.75, 3.05) is 14.1 Å². The van der Waals surface area contributed by atoms with E-state index in [0.717, 1.165) is 10.9 Å². The van der Waals surface area contributed by atoms with Crippen molar-refractivity contribution in [3.8, 4) is 0 Å². The number of nitrogens with two attached hydrogens (primary N) is 1. The average Bonchev–Trinajstić information content (AvgIpc) is 2.47. The molecule has 0 bridgehead atoms. The van der Waals surface area contributed by atoms with Gasteiger partial charge in [-0.1, -0.05) is 47.3 Å². The highest BCUT2D eigenvalue weighted by Crippen LogP contribution is 2.36. The molecule has 1 saturated carbocycles. The molecule has 3 nitrogen and oxygen atoms in total. The first-order valence-electron chi connectivity index (χ1n) is 7.46. The lowest BCUT2D eigenvalue weighted by molar-refractivity contribution is 0.0569. The molecule has 112 valence electrons. The second-order valence-corrected chi connectivity index (χ2v) is 7.02. The molecule has 1 aromatic rings. The van der Waals surface area contributed by atoms with Gasteiger partial charge in [0, 0.05) is 16.1 Å². The van der Waals surface area contributed by atoms with Crippen molar-refractivity contribution in [3.63, 3.8) is 0 Å². The van der Waals surface area contributed by atoms with Gasteiger partial charge in [0.05, 0.1) is 0 Å². The number of halogens is 1. The van der Waals surface area contributed by atoms with Crippen molar-refractivity contribution in [1.29, 1.82) is 0 Å². The summed E-state index contributed by atoms with van der Waals surface area (Å²) in [5.41, 5.74) is 4.62. The Morgan fingerprint density at radius 2 is 1.80 bits per heavy atom. The summed E-state index contributed by atoms with van der Waals surface area (Å²) in [5, 5.41) is 0. The normalized spacial score (nSPS) is 20.1.